The monoisotopic (exact) mass is 265 g/mol. The van der Waals surface area contributed by atoms with Gasteiger partial charge in [-0.05, 0) is 12.5 Å². The van der Waals surface area contributed by atoms with Crippen LogP contribution in [0.15, 0.2) is 12.3 Å². The summed E-state index contributed by atoms with van der Waals surface area (Å²) in [4.78, 5) is 0. The van der Waals surface area contributed by atoms with Crippen LogP contribution in [0.1, 0.15) is 22.6 Å². The molecule has 0 aromatic rings. The Morgan fingerprint density at radius 3 is 2.44 bits per heavy atom. The van der Waals surface area contributed by atoms with Crippen molar-refractivity contribution in [2.45, 2.75) is 50.5 Å². The standard InChI is InChI=1S/C7H14O3.C5H8O3.H2/c1-3-6-5(8)4-7(9-2)10-6;6-4-1-2-8-3-5(4)7;/h5-8H,3-4H2,1-2H3;1-2,4-7H,3H2;1H/p+1/t5-,6-,7-;4-,5+;/m01./s1. The number of methoxy groups -OCH3 is 1. The molecule has 1 fully saturated rings. The summed E-state index contributed by atoms with van der Waals surface area (Å²) in [5.41, 5.74) is 0. The van der Waals surface area contributed by atoms with Gasteiger partial charge >= 0.3 is 1.43 Å². The molecule has 0 saturated carbocycles. The molecule has 3 N–H and O–H groups in total. The molecule has 0 spiro atoms. The molecule has 2 heterocycles. The van der Waals surface area contributed by atoms with Crippen molar-refractivity contribution in [3.8, 4) is 0 Å². The third-order valence-electron chi connectivity index (χ3n) is 2.89. The van der Waals surface area contributed by atoms with Crippen LogP contribution in [0.2, 0.25) is 0 Å². The lowest BCUT2D eigenvalue weighted by molar-refractivity contribution is -0.117. The van der Waals surface area contributed by atoms with Crippen molar-refractivity contribution in [1.29, 1.82) is 0 Å². The third kappa shape index (κ3) is 4.55. The Bertz CT molecular complexity index is 266. The summed E-state index contributed by atoms with van der Waals surface area (Å²) in [6.07, 6.45) is 2.20. The van der Waals surface area contributed by atoms with Crippen LogP contribution in [0.4, 0.5) is 0 Å². The van der Waals surface area contributed by atoms with E-state index in [2.05, 4.69) is 4.74 Å². The highest BCUT2D eigenvalue weighted by molar-refractivity contribution is 4.91. The number of hydrogen-bond acceptors (Lipinski definition) is 6. The first-order chi connectivity index (χ1) is 8.58. The van der Waals surface area contributed by atoms with Gasteiger partial charge in [-0.3, -0.25) is 0 Å². The van der Waals surface area contributed by atoms with Crippen LogP contribution in [0.5, 0.6) is 0 Å². The minimum atomic E-state index is -0.750. The van der Waals surface area contributed by atoms with E-state index in [9.17, 15) is 5.11 Å². The maximum absolute atomic E-state index is 9.29. The summed E-state index contributed by atoms with van der Waals surface area (Å²) < 4.78 is 14.9. The van der Waals surface area contributed by atoms with Crippen LogP contribution in [0.3, 0.4) is 0 Å². The van der Waals surface area contributed by atoms with Gasteiger partial charge in [-0.2, -0.15) is 0 Å². The molecule has 0 amide bonds. The molecule has 2 aliphatic heterocycles. The van der Waals surface area contributed by atoms with Crippen LogP contribution >= 0.6 is 0 Å². The molecule has 0 aromatic carbocycles. The van der Waals surface area contributed by atoms with Gasteiger partial charge in [0.1, 0.15) is 18.8 Å². The zero-order chi connectivity index (χ0) is 13.5. The van der Waals surface area contributed by atoms with Crippen LogP contribution in [0.25, 0.3) is 0 Å². The SMILES string of the molecule is CC[C@@H]1O[C@H](OC)C[C@@H]1O.O[C@@H]1C=COC[C@@H]1O.[H+].[HH]. The molecule has 0 aliphatic carbocycles. The molecule has 6 nitrogen and oxygen atoms in total. The minimum absolute atomic E-state index is 0. The van der Waals surface area contributed by atoms with Gasteiger partial charge in [-0.25, -0.2) is 0 Å². The lowest BCUT2D eigenvalue weighted by atomic mass is 10.1. The molecule has 0 aromatic heterocycles. The highest BCUT2D eigenvalue weighted by Crippen LogP contribution is 2.22. The van der Waals surface area contributed by atoms with Gasteiger partial charge in [-0.15, -0.1) is 0 Å². The lowest BCUT2D eigenvalue weighted by Gasteiger charge is -2.17. The third-order valence-corrected chi connectivity index (χ3v) is 2.89. The van der Waals surface area contributed by atoms with E-state index in [-0.39, 0.29) is 28.0 Å². The van der Waals surface area contributed by atoms with E-state index in [1.807, 2.05) is 6.92 Å². The lowest BCUT2D eigenvalue weighted by Crippen LogP contribution is -2.30. The Morgan fingerprint density at radius 1 is 1.39 bits per heavy atom. The van der Waals surface area contributed by atoms with Crippen LogP contribution < -0.4 is 0 Å². The highest BCUT2D eigenvalue weighted by atomic mass is 16.7. The van der Waals surface area contributed by atoms with Gasteiger partial charge < -0.3 is 29.5 Å². The Morgan fingerprint density at radius 2 is 2.11 bits per heavy atom. The van der Waals surface area contributed by atoms with Gasteiger partial charge in [0.05, 0.1) is 18.5 Å². The Balaban J connectivity index is 0. The maximum atomic E-state index is 9.29. The van der Waals surface area contributed by atoms with E-state index >= 15 is 0 Å². The van der Waals surface area contributed by atoms with Gasteiger partial charge in [0.25, 0.3) is 0 Å². The fourth-order valence-electron chi connectivity index (χ4n) is 1.73. The molecule has 2 rings (SSSR count). The van der Waals surface area contributed by atoms with Crippen molar-refractivity contribution in [3.05, 3.63) is 12.3 Å². The molecule has 2 aliphatic rings. The maximum Gasteiger partial charge on any atom is 1.00 e. The predicted octanol–water partition coefficient (Wildman–Crippen LogP) is 0.129. The Labute approximate surface area is 110 Å². The van der Waals surface area contributed by atoms with Crippen molar-refractivity contribution in [3.63, 3.8) is 0 Å². The van der Waals surface area contributed by atoms with Crippen LogP contribution in [0, 0.1) is 0 Å². The zero-order valence-electron chi connectivity index (χ0n) is 11.7. The molecular weight excluding hydrogens is 240 g/mol. The fraction of sp³-hybridized carbons (Fsp3) is 0.833. The molecule has 0 radical (unpaired) electrons. The average molecular weight is 265 g/mol. The number of aliphatic hydroxyl groups is 3. The average Bonchev–Trinajstić information content (AvgIpc) is 2.74. The zero-order valence-corrected chi connectivity index (χ0v) is 10.7. The number of rotatable bonds is 2. The summed E-state index contributed by atoms with van der Waals surface area (Å²) in [6, 6.07) is 0. The van der Waals surface area contributed by atoms with E-state index in [0.717, 1.165) is 6.42 Å². The molecule has 18 heavy (non-hydrogen) atoms. The molecule has 5 atom stereocenters. The topological polar surface area (TPSA) is 88.4 Å². The highest BCUT2D eigenvalue weighted by Gasteiger charge is 2.32. The van der Waals surface area contributed by atoms with E-state index in [1.54, 1.807) is 7.11 Å². The van der Waals surface area contributed by atoms with E-state index < -0.39 is 12.2 Å². The smallest absolute Gasteiger partial charge is 0.499 e. The summed E-state index contributed by atoms with van der Waals surface area (Å²) >= 11 is 0. The molecule has 108 valence electrons. The van der Waals surface area contributed by atoms with Gasteiger partial charge in [0, 0.05) is 15.0 Å². The van der Waals surface area contributed by atoms with Crippen molar-refractivity contribution >= 4 is 0 Å². The van der Waals surface area contributed by atoms with Gasteiger partial charge in [0.15, 0.2) is 6.29 Å². The predicted molar refractivity (Wildman–Crippen MR) is 66.9 cm³/mol. The number of aliphatic hydroxyl groups excluding tert-OH is 3. The number of hydrogen-bond donors (Lipinski definition) is 3. The number of ether oxygens (including phenoxy) is 3. The summed E-state index contributed by atoms with van der Waals surface area (Å²) in [5, 5.41) is 26.8. The summed E-state index contributed by atoms with van der Waals surface area (Å²) in [7, 11) is 1.59. The largest absolute Gasteiger partial charge is 1.00 e. The summed E-state index contributed by atoms with van der Waals surface area (Å²) in [6.45, 7) is 2.18. The second kappa shape index (κ2) is 7.70. The van der Waals surface area contributed by atoms with Crippen LogP contribution in [-0.4, -0.2) is 59.7 Å². The van der Waals surface area contributed by atoms with E-state index in [1.165, 1.54) is 12.3 Å². The second-order valence-electron chi connectivity index (χ2n) is 4.27. The first-order valence-electron chi connectivity index (χ1n) is 6.09. The molecule has 6 heteroatoms. The summed E-state index contributed by atoms with van der Waals surface area (Å²) in [5.74, 6) is 0. The first kappa shape index (κ1) is 15.4. The van der Waals surface area contributed by atoms with E-state index in [4.69, 9.17) is 19.7 Å². The Kier molecular flexibility index (Phi) is 6.59. The quantitative estimate of drug-likeness (QED) is 0.657. The molecule has 0 unspecified atom stereocenters. The van der Waals surface area contributed by atoms with Gasteiger partial charge in [-0.1, -0.05) is 6.92 Å². The molecular formula is C12H25O6+. The van der Waals surface area contributed by atoms with Gasteiger partial charge in [0.2, 0.25) is 0 Å². The molecule has 0 bridgehead atoms. The normalized spacial score (nSPS) is 38.8. The van der Waals surface area contributed by atoms with Crippen molar-refractivity contribution in [2.24, 2.45) is 0 Å². The minimum Gasteiger partial charge on any atom is -0.499 e. The first-order valence-corrected chi connectivity index (χ1v) is 6.09. The van der Waals surface area contributed by atoms with Crippen LogP contribution in [-0.2, 0) is 14.2 Å². The fourth-order valence-corrected chi connectivity index (χ4v) is 1.73. The van der Waals surface area contributed by atoms with E-state index in [0.29, 0.717) is 6.42 Å². The van der Waals surface area contributed by atoms with Crippen molar-refractivity contribution < 1.29 is 32.4 Å². The Hall–Kier alpha value is -0.660. The van der Waals surface area contributed by atoms with Crippen molar-refractivity contribution in [2.75, 3.05) is 13.7 Å². The molecule has 1 saturated heterocycles. The van der Waals surface area contributed by atoms with Crippen molar-refractivity contribution in [1.82, 2.24) is 0 Å². The second-order valence-corrected chi connectivity index (χ2v) is 4.27.